The van der Waals surface area contributed by atoms with E-state index in [2.05, 4.69) is 11.9 Å². The van der Waals surface area contributed by atoms with E-state index in [1.54, 1.807) is 11.1 Å². The zero-order valence-corrected chi connectivity index (χ0v) is 14.4. The maximum Gasteiger partial charge on any atom is 0.416 e. The van der Waals surface area contributed by atoms with Gasteiger partial charge >= 0.3 is 6.09 Å². The molecule has 1 aliphatic rings. The number of aromatic nitrogens is 1. The highest BCUT2D eigenvalue weighted by molar-refractivity contribution is 5.87. The Hall–Kier alpha value is -1.58. The largest absolute Gasteiger partial charge is 0.443 e. The Bertz CT molecular complexity index is 522. The van der Waals surface area contributed by atoms with Crippen molar-refractivity contribution >= 4 is 11.9 Å². The quantitative estimate of drug-likeness (QED) is 0.794. The van der Waals surface area contributed by atoms with Crippen LogP contribution in [-0.4, -0.2) is 22.7 Å². The van der Waals surface area contributed by atoms with Crippen molar-refractivity contribution in [2.75, 3.05) is 4.90 Å². The average molecular weight is 304 g/mol. The lowest BCUT2D eigenvalue weighted by atomic mass is 9.85. The molecule has 1 aromatic heterocycles. The summed E-state index contributed by atoms with van der Waals surface area (Å²) in [5.41, 5.74) is 0.596. The Balaban J connectivity index is 2.33. The summed E-state index contributed by atoms with van der Waals surface area (Å²) in [7, 11) is 0. The van der Waals surface area contributed by atoms with Crippen molar-refractivity contribution in [3.8, 4) is 0 Å². The second-order valence-electron chi connectivity index (χ2n) is 7.37. The number of pyridine rings is 1. The lowest BCUT2D eigenvalue weighted by Gasteiger charge is -2.38. The van der Waals surface area contributed by atoms with Gasteiger partial charge in [-0.1, -0.05) is 19.8 Å². The number of amides is 1. The molecule has 1 fully saturated rings. The number of rotatable bonds is 2. The van der Waals surface area contributed by atoms with E-state index in [1.165, 1.54) is 6.42 Å². The molecule has 1 aliphatic carbocycles. The molecule has 1 aromatic rings. The first-order chi connectivity index (χ1) is 10.3. The number of hydrogen-bond donors (Lipinski definition) is 0. The van der Waals surface area contributed by atoms with Crippen molar-refractivity contribution in [2.24, 2.45) is 5.92 Å². The molecule has 0 bridgehead atoms. The first kappa shape index (κ1) is 16.8. The predicted octanol–water partition coefficient (Wildman–Crippen LogP) is 4.71. The van der Waals surface area contributed by atoms with Crippen molar-refractivity contribution < 1.29 is 9.53 Å². The number of nitrogens with zero attached hydrogens (tertiary/aromatic N) is 2. The lowest BCUT2D eigenvalue weighted by molar-refractivity contribution is 0.0543. The summed E-state index contributed by atoms with van der Waals surface area (Å²) in [4.78, 5) is 19.0. The van der Waals surface area contributed by atoms with Gasteiger partial charge in [-0.25, -0.2) is 9.78 Å². The highest BCUT2D eigenvalue weighted by Crippen LogP contribution is 2.32. The van der Waals surface area contributed by atoms with Crippen molar-refractivity contribution in [3.63, 3.8) is 0 Å². The molecular formula is C18H28N2O2. The van der Waals surface area contributed by atoms with E-state index < -0.39 is 5.60 Å². The minimum Gasteiger partial charge on any atom is -0.443 e. The van der Waals surface area contributed by atoms with E-state index in [0.717, 1.165) is 24.8 Å². The lowest BCUT2D eigenvalue weighted by Crippen LogP contribution is -2.48. The second kappa shape index (κ2) is 6.67. The zero-order valence-electron chi connectivity index (χ0n) is 14.4. The second-order valence-corrected chi connectivity index (χ2v) is 7.37. The van der Waals surface area contributed by atoms with Crippen molar-refractivity contribution in [1.82, 2.24) is 4.98 Å². The van der Waals surface area contributed by atoms with E-state index >= 15 is 0 Å². The van der Waals surface area contributed by atoms with Gasteiger partial charge < -0.3 is 4.74 Å². The Kier molecular flexibility index (Phi) is 5.09. The fourth-order valence-corrected chi connectivity index (χ4v) is 3.04. The van der Waals surface area contributed by atoms with Gasteiger partial charge in [0.05, 0.1) is 0 Å². The van der Waals surface area contributed by atoms with Gasteiger partial charge in [0.25, 0.3) is 0 Å². The van der Waals surface area contributed by atoms with E-state index in [0.29, 0.717) is 11.7 Å². The minimum atomic E-state index is -0.503. The van der Waals surface area contributed by atoms with Crippen LogP contribution in [0, 0.1) is 12.8 Å². The number of carbonyl (C=O) groups excluding carboxylic acids is 1. The van der Waals surface area contributed by atoms with Gasteiger partial charge in [-0.3, -0.25) is 4.90 Å². The smallest absolute Gasteiger partial charge is 0.416 e. The maximum atomic E-state index is 12.8. The molecule has 2 atom stereocenters. The van der Waals surface area contributed by atoms with Crippen LogP contribution in [0.25, 0.3) is 0 Å². The molecule has 0 aliphatic heterocycles. The number of ether oxygens (including phenoxy) is 1. The molecular weight excluding hydrogens is 276 g/mol. The molecule has 0 N–H and O–H groups in total. The van der Waals surface area contributed by atoms with Gasteiger partial charge in [0.15, 0.2) is 0 Å². The number of anilines is 1. The summed E-state index contributed by atoms with van der Waals surface area (Å²) in [6.45, 7) is 9.94. The first-order valence-corrected chi connectivity index (χ1v) is 8.23. The van der Waals surface area contributed by atoms with Gasteiger partial charge in [-0.05, 0) is 64.2 Å². The van der Waals surface area contributed by atoms with Crippen molar-refractivity contribution in [2.45, 2.75) is 71.9 Å². The molecule has 0 spiro atoms. The van der Waals surface area contributed by atoms with E-state index in [9.17, 15) is 4.79 Å². The van der Waals surface area contributed by atoms with E-state index in [1.807, 2.05) is 39.8 Å². The predicted molar refractivity (Wildman–Crippen MR) is 89.1 cm³/mol. The van der Waals surface area contributed by atoms with Gasteiger partial charge in [0.2, 0.25) is 0 Å². The summed E-state index contributed by atoms with van der Waals surface area (Å²) in [5.74, 6) is 1.16. The monoisotopic (exact) mass is 304 g/mol. The van der Waals surface area contributed by atoms with Crippen LogP contribution >= 0.6 is 0 Å². The van der Waals surface area contributed by atoms with Gasteiger partial charge in [-0.2, -0.15) is 0 Å². The van der Waals surface area contributed by atoms with Crippen molar-refractivity contribution in [3.05, 3.63) is 23.9 Å². The summed E-state index contributed by atoms with van der Waals surface area (Å²) in [5, 5.41) is 0. The van der Waals surface area contributed by atoms with Crippen molar-refractivity contribution in [1.29, 1.82) is 0 Å². The van der Waals surface area contributed by atoms with Crippen LogP contribution in [0.1, 0.15) is 58.9 Å². The van der Waals surface area contributed by atoms with E-state index in [4.69, 9.17) is 4.74 Å². The van der Waals surface area contributed by atoms with Crippen LogP contribution in [0.2, 0.25) is 0 Å². The molecule has 122 valence electrons. The molecule has 0 saturated heterocycles. The van der Waals surface area contributed by atoms with Gasteiger partial charge in [0, 0.05) is 12.2 Å². The standard InChI is InChI=1S/C18H28N2O2/c1-13-10-11-19-16(12-13)20(17(21)22-18(3,4)5)15-9-7-6-8-14(15)2/h10-12,14-15H,6-9H2,1-5H3. The van der Waals surface area contributed by atoms with Gasteiger partial charge in [-0.15, -0.1) is 0 Å². The Morgan fingerprint density at radius 1 is 1.32 bits per heavy atom. The highest BCUT2D eigenvalue weighted by Gasteiger charge is 2.35. The van der Waals surface area contributed by atoms with Crippen LogP contribution in [0.4, 0.5) is 10.6 Å². The first-order valence-electron chi connectivity index (χ1n) is 8.23. The van der Waals surface area contributed by atoms with Crippen LogP contribution < -0.4 is 4.90 Å². The summed E-state index contributed by atoms with van der Waals surface area (Å²) >= 11 is 0. The van der Waals surface area contributed by atoms with Crippen LogP contribution in [0.3, 0.4) is 0 Å². The molecule has 4 nitrogen and oxygen atoms in total. The SMILES string of the molecule is Cc1ccnc(N(C(=O)OC(C)(C)C)C2CCCCC2C)c1. The Labute approximate surface area is 133 Å². The fraction of sp³-hybridized carbons (Fsp3) is 0.667. The molecule has 1 amide bonds. The zero-order chi connectivity index (χ0) is 16.3. The van der Waals surface area contributed by atoms with Crippen LogP contribution in [0.15, 0.2) is 18.3 Å². The van der Waals surface area contributed by atoms with Crippen LogP contribution in [-0.2, 0) is 4.74 Å². The Morgan fingerprint density at radius 3 is 2.59 bits per heavy atom. The summed E-state index contributed by atoms with van der Waals surface area (Å²) < 4.78 is 5.64. The summed E-state index contributed by atoms with van der Waals surface area (Å²) in [6.07, 6.45) is 6.02. The Morgan fingerprint density at radius 2 is 2.00 bits per heavy atom. The molecule has 0 radical (unpaired) electrons. The molecule has 2 rings (SSSR count). The molecule has 0 aromatic carbocycles. The molecule has 1 saturated carbocycles. The third-order valence-corrected chi connectivity index (χ3v) is 4.14. The van der Waals surface area contributed by atoms with Crippen LogP contribution in [0.5, 0.6) is 0 Å². The molecule has 22 heavy (non-hydrogen) atoms. The third-order valence-electron chi connectivity index (χ3n) is 4.14. The third kappa shape index (κ3) is 4.21. The molecule has 2 unspecified atom stereocenters. The number of carbonyl (C=O) groups is 1. The highest BCUT2D eigenvalue weighted by atomic mass is 16.6. The number of aryl methyl sites for hydroxylation is 1. The summed E-state index contributed by atoms with van der Waals surface area (Å²) in [6, 6.07) is 4.07. The number of hydrogen-bond acceptors (Lipinski definition) is 3. The normalized spacial score (nSPS) is 22.2. The fourth-order valence-electron chi connectivity index (χ4n) is 3.04. The topological polar surface area (TPSA) is 42.4 Å². The molecule has 1 heterocycles. The maximum absolute atomic E-state index is 12.8. The van der Waals surface area contributed by atoms with E-state index in [-0.39, 0.29) is 12.1 Å². The average Bonchev–Trinajstić information content (AvgIpc) is 2.39. The van der Waals surface area contributed by atoms with Gasteiger partial charge in [0.1, 0.15) is 11.4 Å². The minimum absolute atomic E-state index is 0.165. The molecule has 4 heteroatoms.